The first-order chi connectivity index (χ1) is 9.67. The van der Waals surface area contributed by atoms with E-state index in [-0.39, 0.29) is 0 Å². The SMILES string of the molecule is CCC(CC)N(CC(C)C)c1cccc2c1CCCN2. The van der Waals surface area contributed by atoms with Gasteiger partial charge in [-0.1, -0.05) is 33.8 Å². The Balaban J connectivity index is 2.37. The van der Waals surface area contributed by atoms with Crippen LogP contribution in [0.3, 0.4) is 0 Å². The first-order valence-electron chi connectivity index (χ1n) is 8.29. The van der Waals surface area contributed by atoms with Gasteiger partial charge in [0, 0.05) is 30.5 Å². The second kappa shape index (κ2) is 7.01. The zero-order valence-electron chi connectivity index (χ0n) is 13.6. The normalized spacial score (nSPS) is 14.3. The van der Waals surface area contributed by atoms with Crippen molar-refractivity contribution in [3.8, 4) is 0 Å². The molecular formula is C18H30N2. The summed E-state index contributed by atoms with van der Waals surface area (Å²) in [5.41, 5.74) is 4.36. The quantitative estimate of drug-likeness (QED) is 0.809. The van der Waals surface area contributed by atoms with Crippen LogP contribution < -0.4 is 10.2 Å². The van der Waals surface area contributed by atoms with Crippen molar-refractivity contribution in [2.75, 3.05) is 23.3 Å². The minimum Gasteiger partial charge on any atom is -0.385 e. The van der Waals surface area contributed by atoms with Gasteiger partial charge < -0.3 is 10.2 Å². The van der Waals surface area contributed by atoms with Crippen LogP contribution in [0.1, 0.15) is 52.5 Å². The van der Waals surface area contributed by atoms with Crippen LogP contribution in [0.4, 0.5) is 11.4 Å². The van der Waals surface area contributed by atoms with E-state index in [2.05, 4.69) is 56.1 Å². The molecule has 0 amide bonds. The molecule has 2 heteroatoms. The molecule has 0 unspecified atom stereocenters. The molecule has 20 heavy (non-hydrogen) atoms. The highest BCUT2D eigenvalue weighted by Gasteiger charge is 2.22. The van der Waals surface area contributed by atoms with Crippen molar-refractivity contribution in [3.63, 3.8) is 0 Å². The Bertz CT molecular complexity index is 421. The van der Waals surface area contributed by atoms with E-state index in [1.54, 1.807) is 0 Å². The lowest BCUT2D eigenvalue weighted by Crippen LogP contribution is -2.38. The second-order valence-electron chi connectivity index (χ2n) is 6.35. The predicted octanol–water partition coefficient (Wildman–Crippen LogP) is 4.70. The van der Waals surface area contributed by atoms with E-state index in [0.29, 0.717) is 12.0 Å². The highest BCUT2D eigenvalue weighted by atomic mass is 15.2. The summed E-state index contributed by atoms with van der Waals surface area (Å²) in [6.07, 6.45) is 4.91. The third kappa shape index (κ3) is 3.28. The highest BCUT2D eigenvalue weighted by molar-refractivity contribution is 5.68. The summed E-state index contributed by atoms with van der Waals surface area (Å²) in [5, 5.41) is 3.56. The molecule has 0 radical (unpaired) electrons. The number of nitrogens with one attached hydrogen (secondary N) is 1. The predicted molar refractivity (Wildman–Crippen MR) is 89.8 cm³/mol. The van der Waals surface area contributed by atoms with E-state index >= 15 is 0 Å². The lowest BCUT2D eigenvalue weighted by atomic mass is 9.98. The molecule has 112 valence electrons. The third-order valence-electron chi connectivity index (χ3n) is 4.32. The average Bonchev–Trinajstić information content (AvgIpc) is 2.46. The van der Waals surface area contributed by atoms with Gasteiger partial charge in [0.25, 0.3) is 0 Å². The largest absolute Gasteiger partial charge is 0.385 e. The van der Waals surface area contributed by atoms with Crippen LogP contribution >= 0.6 is 0 Å². The number of anilines is 2. The first kappa shape index (κ1) is 15.2. The molecule has 0 aromatic heterocycles. The van der Waals surface area contributed by atoms with Gasteiger partial charge in [0.2, 0.25) is 0 Å². The zero-order valence-corrected chi connectivity index (χ0v) is 13.6. The van der Waals surface area contributed by atoms with Crippen LogP contribution in [0.15, 0.2) is 18.2 Å². The molecule has 2 nitrogen and oxygen atoms in total. The standard InChI is InChI=1S/C18H30N2/c1-5-15(6-2)20(13-14(3)4)18-11-7-10-17-16(18)9-8-12-19-17/h7,10-11,14-15,19H,5-6,8-9,12-13H2,1-4H3. The third-order valence-corrected chi connectivity index (χ3v) is 4.32. The average molecular weight is 274 g/mol. The molecule has 0 aliphatic carbocycles. The van der Waals surface area contributed by atoms with Gasteiger partial charge in [-0.15, -0.1) is 0 Å². The van der Waals surface area contributed by atoms with Crippen molar-refractivity contribution in [3.05, 3.63) is 23.8 Å². The molecule has 2 rings (SSSR count). The van der Waals surface area contributed by atoms with Gasteiger partial charge in [0.15, 0.2) is 0 Å². The minimum absolute atomic E-state index is 0.658. The van der Waals surface area contributed by atoms with Gasteiger partial charge in [-0.3, -0.25) is 0 Å². The molecule has 0 saturated heterocycles. The maximum atomic E-state index is 3.56. The number of fused-ring (bicyclic) bond motifs is 1. The molecule has 1 aromatic carbocycles. The van der Waals surface area contributed by atoms with E-state index < -0.39 is 0 Å². The van der Waals surface area contributed by atoms with E-state index in [1.807, 2.05) is 0 Å². The summed E-state index contributed by atoms with van der Waals surface area (Å²) in [4.78, 5) is 2.66. The smallest absolute Gasteiger partial charge is 0.0422 e. The van der Waals surface area contributed by atoms with E-state index in [1.165, 1.54) is 42.6 Å². The van der Waals surface area contributed by atoms with Crippen LogP contribution in [-0.4, -0.2) is 19.1 Å². The molecule has 0 spiro atoms. The molecule has 0 atom stereocenters. The van der Waals surface area contributed by atoms with Gasteiger partial charge in [-0.05, 0) is 49.3 Å². The van der Waals surface area contributed by atoms with Crippen molar-refractivity contribution >= 4 is 11.4 Å². The Hall–Kier alpha value is -1.18. The molecule has 1 aliphatic heterocycles. The van der Waals surface area contributed by atoms with Gasteiger partial charge in [0.1, 0.15) is 0 Å². The van der Waals surface area contributed by atoms with Gasteiger partial charge in [-0.25, -0.2) is 0 Å². The summed E-state index contributed by atoms with van der Waals surface area (Å²) < 4.78 is 0. The van der Waals surface area contributed by atoms with Crippen molar-refractivity contribution in [1.29, 1.82) is 0 Å². The van der Waals surface area contributed by atoms with E-state index in [0.717, 1.165) is 13.1 Å². The minimum atomic E-state index is 0.658. The zero-order chi connectivity index (χ0) is 14.5. The summed E-state index contributed by atoms with van der Waals surface area (Å²) >= 11 is 0. The Morgan fingerprint density at radius 2 is 1.95 bits per heavy atom. The van der Waals surface area contributed by atoms with Crippen molar-refractivity contribution in [1.82, 2.24) is 0 Å². The van der Waals surface area contributed by atoms with Crippen LogP contribution in [0, 0.1) is 5.92 Å². The second-order valence-corrected chi connectivity index (χ2v) is 6.35. The number of nitrogens with zero attached hydrogens (tertiary/aromatic N) is 1. The van der Waals surface area contributed by atoms with Crippen molar-refractivity contribution in [2.45, 2.75) is 59.4 Å². The highest BCUT2D eigenvalue weighted by Crippen LogP contribution is 2.33. The molecule has 1 N–H and O–H groups in total. The maximum absolute atomic E-state index is 3.56. The molecule has 1 heterocycles. The maximum Gasteiger partial charge on any atom is 0.0422 e. The summed E-state index contributed by atoms with van der Waals surface area (Å²) in [7, 11) is 0. The fourth-order valence-corrected chi connectivity index (χ4v) is 3.33. The summed E-state index contributed by atoms with van der Waals surface area (Å²) in [6, 6.07) is 7.43. The fourth-order valence-electron chi connectivity index (χ4n) is 3.33. The van der Waals surface area contributed by atoms with Crippen LogP contribution in [-0.2, 0) is 6.42 Å². The van der Waals surface area contributed by atoms with Gasteiger partial charge in [-0.2, -0.15) is 0 Å². The molecule has 1 aliphatic rings. The molecule has 0 bridgehead atoms. The topological polar surface area (TPSA) is 15.3 Å². The lowest BCUT2D eigenvalue weighted by molar-refractivity contribution is 0.506. The Morgan fingerprint density at radius 3 is 2.60 bits per heavy atom. The Morgan fingerprint density at radius 1 is 1.20 bits per heavy atom. The van der Waals surface area contributed by atoms with Crippen LogP contribution in [0.25, 0.3) is 0 Å². The molecule has 0 fully saturated rings. The number of hydrogen-bond acceptors (Lipinski definition) is 2. The van der Waals surface area contributed by atoms with E-state index in [9.17, 15) is 0 Å². The first-order valence-corrected chi connectivity index (χ1v) is 8.29. The van der Waals surface area contributed by atoms with Crippen LogP contribution in [0.5, 0.6) is 0 Å². The van der Waals surface area contributed by atoms with Crippen LogP contribution in [0.2, 0.25) is 0 Å². The molecule has 1 aromatic rings. The monoisotopic (exact) mass is 274 g/mol. The fraction of sp³-hybridized carbons (Fsp3) is 0.667. The number of hydrogen-bond donors (Lipinski definition) is 1. The number of benzene rings is 1. The van der Waals surface area contributed by atoms with E-state index in [4.69, 9.17) is 0 Å². The van der Waals surface area contributed by atoms with Gasteiger partial charge in [0.05, 0.1) is 0 Å². The van der Waals surface area contributed by atoms with Gasteiger partial charge >= 0.3 is 0 Å². The molecular weight excluding hydrogens is 244 g/mol. The molecule has 0 saturated carbocycles. The lowest BCUT2D eigenvalue weighted by Gasteiger charge is -2.37. The number of rotatable bonds is 6. The Labute approximate surface area is 124 Å². The summed E-state index contributed by atoms with van der Waals surface area (Å²) in [5.74, 6) is 0.697. The van der Waals surface area contributed by atoms with Crippen molar-refractivity contribution < 1.29 is 0 Å². The Kier molecular flexibility index (Phi) is 5.33. The summed E-state index contributed by atoms with van der Waals surface area (Å²) in [6.45, 7) is 11.5. The van der Waals surface area contributed by atoms with Crippen molar-refractivity contribution in [2.24, 2.45) is 5.92 Å².